The molecule has 5 aromatic carbocycles. The third-order valence-electron chi connectivity index (χ3n) is 14.2. The number of rotatable bonds is 6. The number of aryl methyl sites for hydroxylation is 2. The van der Waals surface area contributed by atoms with Crippen LogP contribution in [0.5, 0.6) is 11.5 Å². The van der Waals surface area contributed by atoms with E-state index in [9.17, 15) is 0 Å². The first kappa shape index (κ1) is 32.8. The molecule has 5 heteroatoms. The maximum absolute atomic E-state index is 6.70. The van der Waals surface area contributed by atoms with Crippen LogP contribution in [0.2, 0.25) is 0 Å². The van der Waals surface area contributed by atoms with Crippen molar-refractivity contribution >= 4 is 38.9 Å². The van der Waals surface area contributed by atoms with Crippen LogP contribution in [0.25, 0.3) is 27.6 Å². The summed E-state index contributed by atoms with van der Waals surface area (Å²) in [7, 11) is 2.14. The highest BCUT2D eigenvalue weighted by Crippen LogP contribution is 2.65. The maximum Gasteiger partial charge on any atom is 0.137 e. The summed E-state index contributed by atoms with van der Waals surface area (Å²) < 4.78 is 9.08. The number of aromatic nitrogens is 2. The lowest BCUT2D eigenvalue weighted by atomic mass is 9.42. The zero-order valence-corrected chi connectivity index (χ0v) is 32.3. The number of pyridine rings is 1. The van der Waals surface area contributed by atoms with Crippen molar-refractivity contribution in [3.8, 4) is 17.3 Å². The summed E-state index contributed by atoms with van der Waals surface area (Å²) in [5, 5.41) is 2.43. The second-order valence-electron chi connectivity index (χ2n) is 17.2. The molecule has 4 bridgehead atoms. The van der Waals surface area contributed by atoms with Crippen LogP contribution < -0.4 is 14.5 Å². The molecule has 7 aromatic rings. The number of fused-ring (bicyclic) bond motifs is 4. The van der Waals surface area contributed by atoms with Crippen LogP contribution in [0.15, 0.2) is 121 Å². The fraction of sp³-hybridized carbons (Fsp3) is 0.300. The summed E-state index contributed by atoms with van der Waals surface area (Å²) in [6.07, 6.45) is 8.90. The van der Waals surface area contributed by atoms with Crippen LogP contribution in [-0.4, -0.2) is 23.3 Å². The van der Waals surface area contributed by atoms with Gasteiger partial charge in [-0.3, -0.25) is 4.57 Å². The van der Waals surface area contributed by atoms with Gasteiger partial charge in [0.25, 0.3) is 0 Å². The van der Waals surface area contributed by atoms with Gasteiger partial charge in [0.15, 0.2) is 0 Å². The highest BCUT2D eigenvalue weighted by Gasteiger charge is 2.58. The zero-order valence-electron chi connectivity index (χ0n) is 32.3. The molecule has 1 aliphatic heterocycles. The lowest BCUT2D eigenvalue weighted by Gasteiger charge is -2.62. The molecule has 274 valence electrons. The van der Waals surface area contributed by atoms with E-state index < -0.39 is 0 Å². The van der Waals surface area contributed by atoms with Gasteiger partial charge in [0.1, 0.15) is 17.3 Å². The molecule has 0 saturated heterocycles. The van der Waals surface area contributed by atoms with E-state index in [1.165, 1.54) is 87.6 Å². The third kappa shape index (κ3) is 4.94. The minimum Gasteiger partial charge on any atom is -0.457 e. The largest absolute Gasteiger partial charge is 0.457 e. The fourth-order valence-corrected chi connectivity index (χ4v) is 11.8. The van der Waals surface area contributed by atoms with Crippen molar-refractivity contribution in [3.05, 3.63) is 149 Å². The number of ether oxygens (including phenoxy) is 1. The van der Waals surface area contributed by atoms with Crippen LogP contribution in [0.1, 0.15) is 59.9 Å². The molecule has 0 amide bonds. The first-order valence-corrected chi connectivity index (χ1v) is 20.3. The van der Waals surface area contributed by atoms with Crippen LogP contribution >= 0.6 is 0 Å². The Bertz CT molecular complexity index is 2600. The van der Waals surface area contributed by atoms with Gasteiger partial charge in [0, 0.05) is 47.3 Å². The highest BCUT2D eigenvalue weighted by atomic mass is 16.5. The molecule has 0 atom stereocenters. The molecule has 55 heavy (non-hydrogen) atoms. The van der Waals surface area contributed by atoms with Gasteiger partial charge in [0.2, 0.25) is 0 Å². The van der Waals surface area contributed by atoms with Crippen molar-refractivity contribution < 1.29 is 4.74 Å². The molecule has 0 N–H and O–H groups in total. The van der Waals surface area contributed by atoms with Gasteiger partial charge in [-0.2, -0.15) is 0 Å². The lowest BCUT2D eigenvalue weighted by Crippen LogP contribution is -2.56. The van der Waals surface area contributed by atoms with E-state index in [1.807, 2.05) is 0 Å². The molecule has 12 rings (SSSR count). The quantitative estimate of drug-likeness (QED) is 0.171. The minimum atomic E-state index is -0.00294. The van der Waals surface area contributed by atoms with Crippen molar-refractivity contribution in [2.45, 2.75) is 58.3 Å². The van der Waals surface area contributed by atoms with Crippen molar-refractivity contribution in [2.75, 3.05) is 23.5 Å². The molecule has 5 aliphatic rings. The second kappa shape index (κ2) is 12.2. The Kier molecular flexibility index (Phi) is 7.30. The normalized spacial score (nSPS) is 23.9. The van der Waals surface area contributed by atoms with Crippen LogP contribution in [0.4, 0.5) is 17.1 Å². The first-order valence-electron chi connectivity index (χ1n) is 20.3. The smallest absolute Gasteiger partial charge is 0.137 e. The number of anilines is 3. The average molecular weight is 721 g/mol. The van der Waals surface area contributed by atoms with Crippen LogP contribution in [-0.2, 0) is 5.41 Å². The Hall–Kier alpha value is -5.55. The summed E-state index contributed by atoms with van der Waals surface area (Å²) in [5.41, 5.74) is 13.1. The second-order valence-corrected chi connectivity index (χ2v) is 17.2. The molecular formula is C50H48N4O. The number of hydrogen-bond acceptors (Lipinski definition) is 4. The Labute approximate surface area is 324 Å². The number of benzene rings is 5. The van der Waals surface area contributed by atoms with E-state index in [0.29, 0.717) is 11.8 Å². The van der Waals surface area contributed by atoms with Gasteiger partial charge in [-0.25, -0.2) is 4.98 Å². The molecule has 3 heterocycles. The van der Waals surface area contributed by atoms with E-state index >= 15 is 0 Å². The molecule has 0 radical (unpaired) electrons. The summed E-state index contributed by atoms with van der Waals surface area (Å²) >= 11 is 0. The van der Waals surface area contributed by atoms with E-state index in [-0.39, 0.29) is 5.41 Å². The Morgan fingerprint density at radius 1 is 0.618 bits per heavy atom. The van der Waals surface area contributed by atoms with Gasteiger partial charge in [-0.15, -0.1) is 0 Å². The van der Waals surface area contributed by atoms with E-state index in [1.54, 1.807) is 0 Å². The number of para-hydroxylation sites is 3. The number of hydrogen-bond donors (Lipinski definition) is 0. The van der Waals surface area contributed by atoms with Crippen LogP contribution in [0.3, 0.4) is 0 Å². The predicted octanol–water partition coefficient (Wildman–Crippen LogP) is 12.2. The van der Waals surface area contributed by atoms with Gasteiger partial charge in [-0.05, 0) is 159 Å². The number of nitrogens with zero attached hydrogens (tertiary/aromatic N) is 4. The lowest BCUT2D eigenvalue weighted by molar-refractivity contribution is -0.0419. The van der Waals surface area contributed by atoms with Gasteiger partial charge < -0.3 is 14.5 Å². The summed E-state index contributed by atoms with van der Waals surface area (Å²) in [5.74, 6) is 5.69. The molecule has 2 aromatic heterocycles. The Balaban J connectivity index is 1.03. The van der Waals surface area contributed by atoms with Crippen molar-refractivity contribution in [3.63, 3.8) is 0 Å². The zero-order chi connectivity index (χ0) is 37.0. The van der Waals surface area contributed by atoms with E-state index in [0.717, 1.165) is 47.0 Å². The van der Waals surface area contributed by atoms with Crippen molar-refractivity contribution in [2.24, 2.45) is 23.7 Å². The SMILES string of the molecule is Cc1cc(C2(c3ccnc(-n4c5ccccc5c5ccc(Oc6cccc(N7CN(C)c8ccccc87)c6)cc54)c3)C3CC4CC(C3)CC2C4)cc(C)c1C. The monoisotopic (exact) mass is 720 g/mol. The average Bonchev–Trinajstić information content (AvgIpc) is 3.71. The predicted molar refractivity (Wildman–Crippen MR) is 225 cm³/mol. The van der Waals surface area contributed by atoms with Crippen molar-refractivity contribution in [1.29, 1.82) is 0 Å². The highest BCUT2D eigenvalue weighted by molar-refractivity contribution is 6.09. The summed E-state index contributed by atoms with van der Waals surface area (Å²) in [6, 6.07) is 42.3. The third-order valence-corrected chi connectivity index (χ3v) is 14.2. The topological polar surface area (TPSA) is 33.5 Å². The van der Waals surface area contributed by atoms with Gasteiger partial charge >= 0.3 is 0 Å². The Morgan fingerprint density at radius 2 is 1.31 bits per heavy atom. The van der Waals surface area contributed by atoms with Crippen LogP contribution in [0, 0.1) is 44.4 Å². The Morgan fingerprint density at radius 3 is 2.09 bits per heavy atom. The molecule has 5 nitrogen and oxygen atoms in total. The molecule has 4 saturated carbocycles. The molecule has 4 aliphatic carbocycles. The van der Waals surface area contributed by atoms with E-state index in [4.69, 9.17) is 9.72 Å². The maximum atomic E-state index is 6.70. The molecule has 0 spiro atoms. The molecular weight excluding hydrogens is 673 g/mol. The molecule has 0 unspecified atom stereocenters. The molecule has 4 fully saturated rings. The van der Waals surface area contributed by atoms with Gasteiger partial charge in [-0.1, -0.05) is 48.5 Å². The first-order chi connectivity index (χ1) is 26.8. The van der Waals surface area contributed by atoms with Gasteiger partial charge in [0.05, 0.1) is 29.1 Å². The summed E-state index contributed by atoms with van der Waals surface area (Å²) in [4.78, 5) is 9.80. The van der Waals surface area contributed by atoms with Crippen molar-refractivity contribution in [1.82, 2.24) is 9.55 Å². The summed E-state index contributed by atoms with van der Waals surface area (Å²) in [6.45, 7) is 7.70. The fourth-order valence-electron chi connectivity index (χ4n) is 11.8. The minimum absolute atomic E-state index is 0.00294. The standard InChI is InChI=1S/C50H48N4O/c1-31-20-37(21-32(2)33(31)3)50(38-23-34-22-35(25-38)26-39(50)24-34)36-18-19-51-49(27-36)54-45-13-6-5-12-43(45)44-17-16-42(29-48(44)54)55-41-11-9-10-40(28-41)53-30-52(4)46-14-7-8-15-47(46)53/h5-21,27-29,34-35,38-39H,22-26,30H2,1-4H3. The van der Waals surface area contributed by atoms with E-state index in [2.05, 4.69) is 164 Å².